The van der Waals surface area contributed by atoms with Gasteiger partial charge in [-0.1, -0.05) is 0 Å². The van der Waals surface area contributed by atoms with Crippen molar-refractivity contribution in [2.45, 2.75) is 39.2 Å². The molecule has 1 N–H and O–H groups in total. The maximum absolute atomic E-state index is 11.9. The molecule has 0 atom stereocenters. The molecule has 0 aliphatic carbocycles. The Balaban J connectivity index is 2.62. The van der Waals surface area contributed by atoms with Crippen LogP contribution in [0, 0.1) is 5.92 Å². The summed E-state index contributed by atoms with van der Waals surface area (Å²) in [6.07, 6.45) is 2.16. The maximum atomic E-state index is 11.9. The van der Waals surface area contributed by atoms with Gasteiger partial charge in [0.2, 0.25) is 0 Å². The number of carbonyl (C=O) groups is 1. The number of carbonyl (C=O) groups excluding carboxylic acids is 1. The van der Waals surface area contributed by atoms with Crippen molar-refractivity contribution in [3.63, 3.8) is 0 Å². The lowest BCUT2D eigenvalue weighted by Gasteiger charge is -2.31. The first-order chi connectivity index (χ1) is 7.24. The van der Waals surface area contributed by atoms with Gasteiger partial charge in [0.05, 0.1) is 0 Å². The van der Waals surface area contributed by atoms with E-state index in [-0.39, 0.29) is 5.92 Å². The Labute approximate surface area is 97.4 Å². The number of nitrogens with one attached hydrogen (secondary N) is 1. The van der Waals surface area contributed by atoms with E-state index < -0.39 is 15.7 Å². The Morgan fingerprint density at radius 2 is 1.75 bits per heavy atom. The molecular weight excluding hydrogens is 228 g/mol. The maximum Gasteiger partial charge on any atom is 0.279 e. The Morgan fingerprint density at radius 1 is 1.25 bits per heavy atom. The van der Waals surface area contributed by atoms with E-state index in [2.05, 4.69) is 4.72 Å². The summed E-state index contributed by atoms with van der Waals surface area (Å²) in [5.74, 6) is 0.0149. The largest absolute Gasteiger partial charge is 0.303 e. The quantitative estimate of drug-likeness (QED) is 0.741. The summed E-state index contributed by atoms with van der Waals surface area (Å²) < 4.78 is 27.9. The molecule has 6 heteroatoms. The van der Waals surface area contributed by atoms with E-state index in [0.29, 0.717) is 25.9 Å². The van der Waals surface area contributed by atoms with Crippen molar-refractivity contribution in [2.75, 3.05) is 13.1 Å². The van der Waals surface area contributed by atoms with Gasteiger partial charge in [-0.2, -0.15) is 17.4 Å². The van der Waals surface area contributed by atoms with Gasteiger partial charge in [-0.3, -0.25) is 0 Å². The minimum atomic E-state index is -3.41. The van der Waals surface area contributed by atoms with Gasteiger partial charge in [-0.05, 0) is 33.6 Å². The molecule has 1 saturated heterocycles. The summed E-state index contributed by atoms with van der Waals surface area (Å²) in [5, 5.41) is 0. The summed E-state index contributed by atoms with van der Waals surface area (Å²) >= 11 is 0. The van der Waals surface area contributed by atoms with Crippen LogP contribution in [0.5, 0.6) is 0 Å². The SMILES string of the molecule is CC(C)(C)NS(=O)(=O)N1CCC(C=O)CC1. The molecule has 0 unspecified atom stereocenters. The zero-order valence-electron chi connectivity index (χ0n) is 10.1. The Hall–Kier alpha value is -0.460. The van der Waals surface area contributed by atoms with Crippen LogP contribution in [-0.2, 0) is 15.0 Å². The molecule has 0 aromatic rings. The molecule has 1 heterocycles. The Morgan fingerprint density at radius 3 is 2.12 bits per heavy atom. The van der Waals surface area contributed by atoms with Crippen molar-refractivity contribution in [1.29, 1.82) is 0 Å². The van der Waals surface area contributed by atoms with Crippen LogP contribution in [0.4, 0.5) is 0 Å². The van der Waals surface area contributed by atoms with Crippen molar-refractivity contribution >= 4 is 16.5 Å². The van der Waals surface area contributed by atoms with Gasteiger partial charge in [0.15, 0.2) is 0 Å². The molecule has 0 bridgehead atoms. The molecule has 0 radical (unpaired) electrons. The van der Waals surface area contributed by atoms with Crippen LogP contribution in [0.1, 0.15) is 33.6 Å². The molecule has 94 valence electrons. The average molecular weight is 248 g/mol. The van der Waals surface area contributed by atoms with Crippen LogP contribution in [0.3, 0.4) is 0 Å². The van der Waals surface area contributed by atoms with Crippen molar-refractivity contribution in [3.05, 3.63) is 0 Å². The minimum Gasteiger partial charge on any atom is -0.303 e. The minimum absolute atomic E-state index is 0.0149. The fourth-order valence-electron chi connectivity index (χ4n) is 1.70. The first-order valence-corrected chi connectivity index (χ1v) is 6.93. The van der Waals surface area contributed by atoms with Crippen molar-refractivity contribution in [3.8, 4) is 0 Å². The first kappa shape index (κ1) is 13.6. The molecule has 1 aliphatic rings. The number of rotatable bonds is 3. The standard InChI is InChI=1S/C10H20N2O3S/c1-10(2,3)11-16(14,15)12-6-4-9(8-13)5-7-12/h8-9,11H,4-7H2,1-3H3. The van der Waals surface area contributed by atoms with Gasteiger partial charge in [-0.25, -0.2) is 0 Å². The first-order valence-electron chi connectivity index (χ1n) is 5.49. The zero-order valence-corrected chi connectivity index (χ0v) is 10.9. The summed E-state index contributed by atoms with van der Waals surface area (Å²) in [4.78, 5) is 10.6. The molecule has 0 saturated carbocycles. The molecule has 16 heavy (non-hydrogen) atoms. The second kappa shape index (κ2) is 4.81. The lowest BCUT2D eigenvalue weighted by molar-refractivity contribution is -0.112. The fraction of sp³-hybridized carbons (Fsp3) is 0.900. The van der Waals surface area contributed by atoms with Crippen LogP contribution in [0.2, 0.25) is 0 Å². The second-order valence-electron chi connectivity index (χ2n) is 5.23. The number of piperidine rings is 1. The number of hydrogen-bond donors (Lipinski definition) is 1. The molecular formula is C10H20N2O3S. The molecule has 5 nitrogen and oxygen atoms in total. The van der Waals surface area contributed by atoms with Crippen molar-refractivity contribution < 1.29 is 13.2 Å². The third kappa shape index (κ3) is 3.84. The van der Waals surface area contributed by atoms with Gasteiger partial charge in [0.25, 0.3) is 10.2 Å². The fourth-order valence-corrected chi connectivity index (χ4v) is 3.30. The zero-order chi connectivity index (χ0) is 12.4. The van der Waals surface area contributed by atoms with E-state index in [1.807, 2.05) is 20.8 Å². The van der Waals surface area contributed by atoms with E-state index >= 15 is 0 Å². The highest BCUT2D eigenvalue weighted by atomic mass is 32.2. The Bertz CT molecular complexity index is 338. The molecule has 0 aromatic carbocycles. The second-order valence-corrected chi connectivity index (χ2v) is 6.90. The van der Waals surface area contributed by atoms with E-state index in [1.165, 1.54) is 4.31 Å². The molecule has 0 aromatic heterocycles. The summed E-state index contributed by atoms with van der Waals surface area (Å²) in [6.45, 7) is 6.28. The highest BCUT2D eigenvalue weighted by Gasteiger charge is 2.30. The van der Waals surface area contributed by atoms with E-state index in [9.17, 15) is 13.2 Å². The highest BCUT2D eigenvalue weighted by Crippen LogP contribution is 2.18. The average Bonchev–Trinajstić information content (AvgIpc) is 2.14. The van der Waals surface area contributed by atoms with Crippen LogP contribution in [0.15, 0.2) is 0 Å². The molecule has 1 aliphatic heterocycles. The number of nitrogens with zero attached hydrogens (tertiary/aromatic N) is 1. The van der Waals surface area contributed by atoms with E-state index in [1.54, 1.807) is 0 Å². The van der Waals surface area contributed by atoms with Gasteiger partial charge >= 0.3 is 0 Å². The third-order valence-corrected chi connectivity index (χ3v) is 4.38. The predicted molar refractivity (Wildman–Crippen MR) is 62.2 cm³/mol. The van der Waals surface area contributed by atoms with Crippen molar-refractivity contribution in [2.24, 2.45) is 5.92 Å². The van der Waals surface area contributed by atoms with Crippen LogP contribution < -0.4 is 4.72 Å². The molecule has 1 fully saturated rings. The topological polar surface area (TPSA) is 66.5 Å². The summed E-state index contributed by atoms with van der Waals surface area (Å²) in [6, 6.07) is 0. The summed E-state index contributed by atoms with van der Waals surface area (Å²) in [5.41, 5.74) is -0.472. The highest BCUT2D eigenvalue weighted by molar-refractivity contribution is 7.87. The van der Waals surface area contributed by atoms with Crippen molar-refractivity contribution in [1.82, 2.24) is 9.03 Å². The van der Waals surface area contributed by atoms with E-state index in [4.69, 9.17) is 0 Å². The van der Waals surface area contributed by atoms with Gasteiger partial charge in [0, 0.05) is 24.5 Å². The van der Waals surface area contributed by atoms with Crippen LogP contribution in [0.25, 0.3) is 0 Å². The van der Waals surface area contributed by atoms with Gasteiger partial charge in [-0.15, -0.1) is 0 Å². The van der Waals surface area contributed by atoms with Gasteiger partial charge in [0.1, 0.15) is 6.29 Å². The van der Waals surface area contributed by atoms with E-state index in [0.717, 1.165) is 6.29 Å². The lowest BCUT2D eigenvalue weighted by atomic mass is 10.0. The molecule has 0 spiro atoms. The normalized spacial score (nSPS) is 20.9. The third-order valence-electron chi connectivity index (χ3n) is 2.47. The lowest BCUT2D eigenvalue weighted by Crippen LogP contribution is -2.51. The van der Waals surface area contributed by atoms with Gasteiger partial charge < -0.3 is 4.79 Å². The van der Waals surface area contributed by atoms with Crippen LogP contribution in [-0.4, -0.2) is 37.6 Å². The Kier molecular flexibility index (Phi) is 4.09. The smallest absolute Gasteiger partial charge is 0.279 e. The summed E-state index contributed by atoms with van der Waals surface area (Å²) in [7, 11) is -3.41. The predicted octanol–water partition coefficient (Wildman–Crippen LogP) is 0.530. The monoisotopic (exact) mass is 248 g/mol. The number of aldehydes is 1. The molecule has 0 amide bonds. The van der Waals surface area contributed by atoms with Crippen LogP contribution >= 0.6 is 0 Å². The number of hydrogen-bond acceptors (Lipinski definition) is 3. The molecule has 1 rings (SSSR count).